The SMILES string of the molecule is CCc1ccc(OC(C)C(=O)Nc2ccc(Br)cc2F)cc1. The van der Waals surface area contributed by atoms with Crippen LogP contribution in [0.25, 0.3) is 0 Å². The van der Waals surface area contributed by atoms with Gasteiger partial charge in [0.05, 0.1) is 5.69 Å². The summed E-state index contributed by atoms with van der Waals surface area (Å²) in [7, 11) is 0. The molecule has 0 aliphatic heterocycles. The van der Waals surface area contributed by atoms with Crippen LogP contribution in [0.4, 0.5) is 10.1 Å². The lowest BCUT2D eigenvalue weighted by Gasteiger charge is -2.15. The number of hydrogen-bond acceptors (Lipinski definition) is 2. The third-order valence-electron chi connectivity index (χ3n) is 3.20. The van der Waals surface area contributed by atoms with Gasteiger partial charge < -0.3 is 10.1 Å². The molecule has 5 heteroatoms. The van der Waals surface area contributed by atoms with Crippen LogP contribution in [0, 0.1) is 5.82 Å². The van der Waals surface area contributed by atoms with E-state index in [1.807, 2.05) is 24.3 Å². The topological polar surface area (TPSA) is 38.3 Å². The first-order chi connectivity index (χ1) is 10.5. The number of aryl methyl sites for hydroxylation is 1. The highest BCUT2D eigenvalue weighted by molar-refractivity contribution is 9.10. The number of ether oxygens (including phenoxy) is 1. The van der Waals surface area contributed by atoms with E-state index < -0.39 is 17.8 Å². The van der Waals surface area contributed by atoms with Crippen LogP contribution in [-0.4, -0.2) is 12.0 Å². The minimum atomic E-state index is -0.726. The zero-order valence-corrected chi connectivity index (χ0v) is 14.0. The molecule has 2 rings (SSSR count). The molecule has 2 aromatic rings. The Kier molecular flexibility index (Phi) is 5.55. The lowest BCUT2D eigenvalue weighted by Crippen LogP contribution is -2.30. The monoisotopic (exact) mass is 365 g/mol. The van der Waals surface area contributed by atoms with Crippen molar-refractivity contribution in [1.29, 1.82) is 0 Å². The van der Waals surface area contributed by atoms with Crippen molar-refractivity contribution < 1.29 is 13.9 Å². The van der Waals surface area contributed by atoms with Crippen LogP contribution in [0.15, 0.2) is 46.9 Å². The first-order valence-electron chi connectivity index (χ1n) is 7.01. The van der Waals surface area contributed by atoms with Gasteiger partial charge in [0.25, 0.3) is 5.91 Å². The van der Waals surface area contributed by atoms with Crippen LogP contribution in [-0.2, 0) is 11.2 Å². The van der Waals surface area contributed by atoms with Crippen molar-refractivity contribution in [2.45, 2.75) is 26.4 Å². The molecule has 22 heavy (non-hydrogen) atoms. The molecule has 0 aliphatic carbocycles. The molecule has 2 aromatic carbocycles. The lowest BCUT2D eigenvalue weighted by molar-refractivity contribution is -0.122. The van der Waals surface area contributed by atoms with Crippen LogP contribution < -0.4 is 10.1 Å². The Bertz CT molecular complexity index is 658. The van der Waals surface area contributed by atoms with Crippen molar-refractivity contribution in [3.8, 4) is 5.75 Å². The minimum absolute atomic E-state index is 0.130. The Balaban J connectivity index is 1.99. The highest BCUT2D eigenvalue weighted by atomic mass is 79.9. The summed E-state index contributed by atoms with van der Waals surface area (Å²) < 4.78 is 19.9. The quantitative estimate of drug-likeness (QED) is 0.843. The summed E-state index contributed by atoms with van der Waals surface area (Å²) in [6, 6.07) is 12.0. The Morgan fingerprint density at radius 3 is 2.55 bits per heavy atom. The van der Waals surface area contributed by atoms with Gasteiger partial charge in [0, 0.05) is 4.47 Å². The molecule has 0 fully saturated rings. The zero-order chi connectivity index (χ0) is 16.1. The summed E-state index contributed by atoms with van der Waals surface area (Å²) in [6.07, 6.45) is 0.217. The molecule has 0 radical (unpaired) electrons. The van der Waals surface area contributed by atoms with Crippen molar-refractivity contribution >= 4 is 27.5 Å². The Morgan fingerprint density at radius 1 is 1.27 bits per heavy atom. The van der Waals surface area contributed by atoms with Gasteiger partial charge in [-0.1, -0.05) is 35.0 Å². The van der Waals surface area contributed by atoms with E-state index >= 15 is 0 Å². The molecule has 0 saturated carbocycles. The van der Waals surface area contributed by atoms with Crippen molar-refractivity contribution in [3.05, 3.63) is 58.3 Å². The van der Waals surface area contributed by atoms with Gasteiger partial charge in [0.15, 0.2) is 6.10 Å². The zero-order valence-electron chi connectivity index (χ0n) is 12.4. The van der Waals surface area contributed by atoms with Crippen LogP contribution in [0.5, 0.6) is 5.75 Å². The maximum atomic E-state index is 13.7. The van der Waals surface area contributed by atoms with E-state index in [1.165, 1.54) is 17.7 Å². The number of amides is 1. The number of carbonyl (C=O) groups excluding carboxylic acids is 1. The number of rotatable bonds is 5. The number of anilines is 1. The largest absolute Gasteiger partial charge is 0.481 e. The first kappa shape index (κ1) is 16.5. The van der Waals surface area contributed by atoms with E-state index in [4.69, 9.17) is 4.74 Å². The third-order valence-corrected chi connectivity index (χ3v) is 3.70. The fourth-order valence-corrected chi connectivity index (χ4v) is 2.22. The normalized spacial score (nSPS) is 11.8. The summed E-state index contributed by atoms with van der Waals surface area (Å²) in [6.45, 7) is 3.69. The van der Waals surface area contributed by atoms with Gasteiger partial charge in [-0.05, 0) is 49.2 Å². The van der Waals surface area contributed by atoms with Gasteiger partial charge in [0.2, 0.25) is 0 Å². The Hall–Kier alpha value is -1.88. The molecule has 116 valence electrons. The van der Waals surface area contributed by atoms with E-state index in [0.717, 1.165) is 6.42 Å². The predicted octanol–water partition coefficient (Wildman–Crippen LogP) is 4.56. The maximum Gasteiger partial charge on any atom is 0.265 e. The number of hydrogen-bond donors (Lipinski definition) is 1. The van der Waals surface area contributed by atoms with Crippen molar-refractivity contribution in [1.82, 2.24) is 0 Å². The number of carbonyl (C=O) groups is 1. The summed E-state index contributed by atoms with van der Waals surface area (Å²) >= 11 is 3.17. The molecule has 1 N–H and O–H groups in total. The highest BCUT2D eigenvalue weighted by Crippen LogP contribution is 2.20. The molecule has 0 saturated heterocycles. The Morgan fingerprint density at radius 2 is 1.95 bits per heavy atom. The van der Waals surface area contributed by atoms with E-state index in [2.05, 4.69) is 28.2 Å². The van der Waals surface area contributed by atoms with E-state index in [0.29, 0.717) is 10.2 Å². The molecule has 0 heterocycles. The average Bonchev–Trinajstić information content (AvgIpc) is 2.50. The maximum absolute atomic E-state index is 13.7. The van der Waals surface area contributed by atoms with E-state index in [1.54, 1.807) is 13.0 Å². The lowest BCUT2D eigenvalue weighted by atomic mass is 10.2. The Labute approximate surface area is 137 Å². The third kappa shape index (κ3) is 4.31. The average molecular weight is 366 g/mol. The predicted molar refractivity (Wildman–Crippen MR) is 88.6 cm³/mol. The standard InChI is InChI=1S/C17H17BrFNO2/c1-3-12-4-7-14(8-5-12)22-11(2)17(21)20-16-9-6-13(18)10-15(16)19/h4-11H,3H2,1-2H3,(H,20,21). The van der Waals surface area contributed by atoms with E-state index in [-0.39, 0.29) is 5.69 Å². The van der Waals surface area contributed by atoms with Crippen LogP contribution in [0.1, 0.15) is 19.4 Å². The number of halogens is 2. The smallest absolute Gasteiger partial charge is 0.265 e. The molecule has 0 spiro atoms. The van der Waals surface area contributed by atoms with Gasteiger partial charge >= 0.3 is 0 Å². The first-order valence-corrected chi connectivity index (χ1v) is 7.80. The summed E-state index contributed by atoms with van der Waals surface area (Å²) in [5.74, 6) is -0.292. The number of benzene rings is 2. The van der Waals surface area contributed by atoms with Gasteiger partial charge in [-0.2, -0.15) is 0 Å². The summed E-state index contributed by atoms with van der Waals surface area (Å²) in [5.41, 5.74) is 1.33. The second-order valence-electron chi connectivity index (χ2n) is 4.87. The van der Waals surface area contributed by atoms with Crippen LogP contribution in [0.2, 0.25) is 0 Å². The fraction of sp³-hybridized carbons (Fsp3) is 0.235. The summed E-state index contributed by atoms with van der Waals surface area (Å²) in [5, 5.41) is 2.52. The van der Waals surface area contributed by atoms with Gasteiger partial charge in [-0.25, -0.2) is 4.39 Å². The molecule has 1 amide bonds. The highest BCUT2D eigenvalue weighted by Gasteiger charge is 2.16. The second kappa shape index (κ2) is 7.40. The van der Waals surface area contributed by atoms with Gasteiger partial charge in [-0.15, -0.1) is 0 Å². The molecular formula is C17H17BrFNO2. The fourth-order valence-electron chi connectivity index (χ4n) is 1.89. The van der Waals surface area contributed by atoms with Crippen LogP contribution in [0.3, 0.4) is 0 Å². The van der Waals surface area contributed by atoms with Gasteiger partial charge in [0.1, 0.15) is 11.6 Å². The number of nitrogens with one attached hydrogen (secondary N) is 1. The van der Waals surface area contributed by atoms with Gasteiger partial charge in [-0.3, -0.25) is 4.79 Å². The molecular weight excluding hydrogens is 349 g/mol. The molecule has 1 unspecified atom stereocenters. The minimum Gasteiger partial charge on any atom is -0.481 e. The molecule has 1 atom stereocenters. The summed E-state index contributed by atoms with van der Waals surface area (Å²) in [4.78, 5) is 12.1. The molecule has 0 bridgehead atoms. The van der Waals surface area contributed by atoms with Crippen molar-refractivity contribution in [2.24, 2.45) is 0 Å². The molecule has 0 aliphatic rings. The van der Waals surface area contributed by atoms with Crippen molar-refractivity contribution in [3.63, 3.8) is 0 Å². The molecule has 3 nitrogen and oxygen atoms in total. The van der Waals surface area contributed by atoms with Crippen LogP contribution >= 0.6 is 15.9 Å². The second-order valence-corrected chi connectivity index (χ2v) is 5.79. The molecule has 0 aromatic heterocycles. The van der Waals surface area contributed by atoms with Crippen molar-refractivity contribution in [2.75, 3.05) is 5.32 Å². The van der Waals surface area contributed by atoms with E-state index in [9.17, 15) is 9.18 Å².